The number of piperazine rings is 1. The average Bonchev–Trinajstić information content (AvgIpc) is 3.38. The minimum absolute atomic E-state index is 0.0492. The van der Waals surface area contributed by atoms with Gasteiger partial charge in [0.25, 0.3) is 5.91 Å². The van der Waals surface area contributed by atoms with Crippen molar-refractivity contribution in [2.45, 2.75) is 39.5 Å². The van der Waals surface area contributed by atoms with E-state index in [1.807, 2.05) is 6.92 Å². The first kappa shape index (κ1) is 31.0. The van der Waals surface area contributed by atoms with Gasteiger partial charge in [0.1, 0.15) is 0 Å². The van der Waals surface area contributed by atoms with Gasteiger partial charge in [-0.15, -0.1) is 11.3 Å². The maximum Gasteiger partial charge on any atom is 0.409 e. The summed E-state index contributed by atoms with van der Waals surface area (Å²) < 4.78 is 10.9. The van der Waals surface area contributed by atoms with Crippen molar-refractivity contribution in [3.8, 4) is 17.0 Å². The number of amides is 3. The number of halogens is 1. The number of carbonyl (C=O) groups excluding carboxylic acids is 3. The minimum atomic E-state index is -1.08. The summed E-state index contributed by atoms with van der Waals surface area (Å²) in [5, 5.41) is 12.6. The number of carboxylic acid groups (broad SMARTS) is 1. The van der Waals surface area contributed by atoms with Crippen molar-refractivity contribution in [1.82, 2.24) is 19.8 Å². The molecule has 0 saturated carbocycles. The van der Waals surface area contributed by atoms with Crippen LogP contribution in [0.5, 0.6) is 5.75 Å². The number of primary amides is 1. The molecule has 0 radical (unpaired) electrons. The van der Waals surface area contributed by atoms with E-state index < -0.39 is 23.9 Å². The summed E-state index contributed by atoms with van der Waals surface area (Å²) in [4.78, 5) is 63.1. The van der Waals surface area contributed by atoms with Crippen LogP contribution in [0.3, 0.4) is 0 Å². The molecule has 1 atom stereocenters. The molecule has 0 spiro atoms. The summed E-state index contributed by atoms with van der Waals surface area (Å²) in [7, 11) is 1.41. The van der Waals surface area contributed by atoms with Crippen molar-refractivity contribution < 1.29 is 33.8 Å². The molecule has 1 aliphatic heterocycles. The zero-order valence-electron chi connectivity index (χ0n) is 23.7. The van der Waals surface area contributed by atoms with Gasteiger partial charge in [0.2, 0.25) is 5.91 Å². The van der Waals surface area contributed by atoms with Crippen LogP contribution in [-0.2, 0) is 14.3 Å². The molecule has 12 nitrogen and oxygen atoms in total. The first-order valence-corrected chi connectivity index (χ1v) is 14.6. The van der Waals surface area contributed by atoms with Crippen molar-refractivity contribution in [2.24, 2.45) is 5.73 Å². The molecule has 2 aromatic heterocycles. The summed E-state index contributed by atoms with van der Waals surface area (Å²) in [5.41, 5.74) is 7.80. The van der Waals surface area contributed by atoms with Gasteiger partial charge in [0, 0.05) is 43.4 Å². The van der Waals surface area contributed by atoms with Gasteiger partial charge in [-0.2, -0.15) is 0 Å². The van der Waals surface area contributed by atoms with Crippen LogP contribution in [-0.4, -0.2) is 88.6 Å². The Kier molecular flexibility index (Phi) is 9.52. The number of aryl methyl sites for hydroxylation is 2. The number of thiazole rings is 1. The molecule has 1 unspecified atom stereocenters. The van der Waals surface area contributed by atoms with E-state index in [0.29, 0.717) is 27.7 Å². The molecule has 1 aliphatic rings. The number of fused-ring (bicyclic) bond motifs is 1. The Morgan fingerprint density at radius 2 is 1.81 bits per heavy atom. The zero-order valence-corrected chi connectivity index (χ0v) is 25.3. The van der Waals surface area contributed by atoms with Crippen LogP contribution in [0.2, 0.25) is 5.02 Å². The summed E-state index contributed by atoms with van der Waals surface area (Å²) in [6.07, 6.45) is -0.821. The molecule has 0 bridgehead atoms. The molecule has 1 aromatic carbocycles. The second-order valence-corrected chi connectivity index (χ2v) is 11.2. The highest BCUT2D eigenvalue weighted by Gasteiger charge is 2.36. The van der Waals surface area contributed by atoms with Gasteiger partial charge in [-0.3, -0.25) is 14.4 Å². The van der Waals surface area contributed by atoms with Gasteiger partial charge in [0.05, 0.1) is 57.7 Å². The number of aliphatic carboxylic acids is 1. The SMILES string of the molecule is CCOC(=O)N1CCN(C(=O)C(CCC(=O)O)c2nc3cc(C)c(Cl)c(C(N)=O)c3c(-c3csc(C)n3)c2OC)CC1. The lowest BCUT2D eigenvalue weighted by Crippen LogP contribution is -2.51. The standard InChI is InChI=1S/C28H32ClN5O7S/c1-5-41-28(39)34-10-8-33(9-11-34)27(38)16(6-7-19(35)36)24-25(40-4)21(18-13-42-15(3)31-18)20-17(32-24)12-14(2)23(29)22(20)26(30)37/h12-13,16H,5-11H2,1-4H3,(H2,30,37)(H,35,36). The molecule has 0 aliphatic carbocycles. The molecule has 42 heavy (non-hydrogen) atoms. The average molecular weight is 618 g/mol. The number of nitrogens with zero attached hydrogens (tertiary/aromatic N) is 4. The minimum Gasteiger partial charge on any atom is -0.494 e. The number of ether oxygens (including phenoxy) is 2. The number of nitrogens with two attached hydrogens (primary N) is 1. The van der Waals surface area contributed by atoms with E-state index in [2.05, 4.69) is 4.98 Å². The van der Waals surface area contributed by atoms with E-state index in [1.165, 1.54) is 23.3 Å². The first-order chi connectivity index (χ1) is 20.0. The Morgan fingerprint density at radius 1 is 1.14 bits per heavy atom. The van der Waals surface area contributed by atoms with Crippen molar-refractivity contribution in [3.63, 3.8) is 0 Å². The smallest absolute Gasteiger partial charge is 0.409 e. The van der Waals surface area contributed by atoms with Gasteiger partial charge < -0.3 is 30.1 Å². The topological polar surface area (TPSA) is 165 Å². The lowest BCUT2D eigenvalue weighted by Gasteiger charge is -2.36. The second kappa shape index (κ2) is 12.9. The molecule has 14 heteroatoms. The number of carbonyl (C=O) groups is 4. The summed E-state index contributed by atoms with van der Waals surface area (Å²) in [6, 6.07) is 1.69. The molecule has 224 valence electrons. The molecular weight excluding hydrogens is 586 g/mol. The molecule has 3 amide bonds. The quantitative estimate of drug-likeness (QED) is 0.361. The van der Waals surface area contributed by atoms with Crippen molar-refractivity contribution in [2.75, 3.05) is 39.9 Å². The third-order valence-electron chi connectivity index (χ3n) is 7.09. The maximum absolute atomic E-state index is 14.1. The Bertz CT molecular complexity index is 1550. The summed E-state index contributed by atoms with van der Waals surface area (Å²) in [5.74, 6) is -3.04. The number of rotatable bonds is 9. The Balaban J connectivity index is 1.91. The third-order valence-corrected chi connectivity index (χ3v) is 8.35. The number of pyridine rings is 1. The van der Waals surface area contributed by atoms with Gasteiger partial charge in [-0.05, 0) is 38.8 Å². The Hall–Kier alpha value is -3.97. The maximum atomic E-state index is 14.1. The number of aromatic nitrogens is 2. The van der Waals surface area contributed by atoms with Crippen LogP contribution in [0, 0.1) is 13.8 Å². The lowest BCUT2D eigenvalue weighted by molar-refractivity contribution is -0.138. The number of hydrogen-bond donors (Lipinski definition) is 2. The van der Waals surface area contributed by atoms with Crippen LogP contribution in [0.1, 0.15) is 52.3 Å². The van der Waals surface area contributed by atoms with Crippen molar-refractivity contribution in [3.05, 3.63) is 38.3 Å². The summed E-state index contributed by atoms with van der Waals surface area (Å²) >= 11 is 7.95. The van der Waals surface area contributed by atoms with E-state index >= 15 is 0 Å². The van der Waals surface area contributed by atoms with Crippen LogP contribution in [0.15, 0.2) is 11.4 Å². The number of methoxy groups -OCH3 is 1. The van der Waals surface area contributed by atoms with Crippen LogP contribution < -0.4 is 10.5 Å². The zero-order chi connectivity index (χ0) is 30.7. The fourth-order valence-corrected chi connectivity index (χ4v) is 5.97. The largest absolute Gasteiger partial charge is 0.494 e. The fourth-order valence-electron chi connectivity index (χ4n) is 5.13. The number of benzene rings is 1. The molecule has 1 saturated heterocycles. The fraction of sp³-hybridized carbons (Fsp3) is 0.429. The monoisotopic (exact) mass is 617 g/mol. The second-order valence-electron chi connectivity index (χ2n) is 9.79. The van der Waals surface area contributed by atoms with Crippen LogP contribution in [0.25, 0.3) is 22.2 Å². The predicted octanol–water partition coefficient (Wildman–Crippen LogP) is 3.99. The van der Waals surface area contributed by atoms with Crippen LogP contribution in [0.4, 0.5) is 4.79 Å². The normalized spacial score (nSPS) is 14.1. The van der Waals surface area contributed by atoms with E-state index in [0.717, 1.165) is 5.01 Å². The highest BCUT2D eigenvalue weighted by molar-refractivity contribution is 7.09. The predicted molar refractivity (Wildman–Crippen MR) is 157 cm³/mol. The molecule has 4 rings (SSSR count). The van der Waals surface area contributed by atoms with Crippen molar-refractivity contribution in [1.29, 1.82) is 0 Å². The van der Waals surface area contributed by atoms with Gasteiger partial charge in [-0.1, -0.05) is 11.6 Å². The van der Waals surface area contributed by atoms with Crippen LogP contribution >= 0.6 is 22.9 Å². The molecule has 3 aromatic rings. The molecule has 3 N–H and O–H groups in total. The Morgan fingerprint density at radius 3 is 2.36 bits per heavy atom. The highest BCUT2D eigenvalue weighted by atomic mass is 35.5. The van der Waals surface area contributed by atoms with Gasteiger partial charge >= 0.3 is 12.1 Å². The summed E-state index contributed by atoms with van der Waals surface area (Å²) in [6.45, 7) is 6.49. The number of carboxylic acids is 1. The van der Waals surface area contributed by atoms with E-state index in [9.17, 15) is 24.3 Å². The molecule has 1 fully saturated rings. The van der Waals surface area contributed by atoms with Gasteiger partial charge in [0.15, 0.2) is 5.75 Å². The third kappa shape index (κ3) is 6.12. The molecular formula is C28H32ClN5O7S. The van der Waals surface area contributed by atoms with E-state index in [-0.39, 0.29) is 73.6 Å². The van der Waals surface area contributed by atoms with Gasteiger partial charge in [-0.25, -0.2) is 14.8 Å². The van der Waals surface area contributed by atoms with Crippen molar-refractivity contribution >= 4 is 57.7 Å². The lowest BCUT2D eigenvalue weighted by atomic mass is 9.90. The number of hydrogen-bond acceptors (Lipinski definition) is 9. The first-order valence-electron chi connectivity index (χ1n) is 13.3. The molecule has 3 heterocycles. The highest BCUT2D eigenvalue weighted by Crippen LogP contribution is 2.45. The Labute approximate surface area is 251 Å². The van der Waals surface area contributed by atoms with E-state index in [1.54, 1.807) is 30.2 Å². The van der Waals surface area contributed by atoms with E-state index in [4.69, 9.17) is 31.8 Å².